The summed E-state index contributed by atoms with van der Waals surface area (Å²) in [4.78, 5) is 8.27. The molecule has 1 unspecified atom stereocenters. The van der Waals surface area contributed by atoms with Gasteiger partial charge in [0.2, 0.25) is 0 Å². The summed E-state index contributed by atoms with van der Waals surface area (Å²) in [5.74, 6) is 2.60. The lowest BCUT2D eigenvalue weighted by atomic mass is 10.3. The smallest absolute Gasteiger partial charge is 0.154 e. The maximum atomic E-state index is 5.66. The topological polar surface area (TPSA) is 94.5 Å². The van der Waals surface area contributed by atoms with Gasteiger partial charge < -0.3 is 15.6 Å². The molecular weight excluding hydrogens is 218 g/mol. The van der Waals surface area contributed by atoms with Crippen molar-refractivity contribution in [3.05, 3.63) is 24.0 Å². The van der Waals surface area contributed by atoms with E-state index in [0.717, 1.165) is 5.82 Å². The third-order valence-electron chi connectivity index (χ3n) is 2.36. The molecule has 90 valence electrons. The van der Waals surface area contributed by atoms with E-state index in [4.69, 9.17) is 5.73 Å². The summed E-state index contributed by atoms with van der Waals surface area (Å²) < 4.78 is 1.86. The first-order chi connectivity index (χ1) is 8.06. The number of aryl methyl sites for hydroxylation is 2. The van der Waals surface area contributed by atoms with Crippen LogP contribution in [0.1, 0.15) is 24.6 Å². The lowest BCUT2D eigenvalue weighted by Crippen LogP contribution is -2.13. The minimum atomic E-state index is -0.00352. The van der Waals surface area contributed by atoms with Gasteiger partial charge in [-0.3, -0.25) is 0 Å². The second kappa shape index (κ2) is 4.36. The summed E-state index contributed by atoms with van der Waals surface area (Å²) in [5, 5.41) is 11.1. The molecule has 3 N–H and O–H groups in total. The lowest BCUT2D eigenvalue weighted by Gasteiger charge is -2.13. The molecule has 0 aliphatic rings. The highest BCUT2D eigenvalue weighted by Crippen LogP contribution is 2.16. The maximum absolute atomic E-state index is 5.66. The maximum Gasteiger partial charge on any atom is 0.154 e. The van der Waals surface area contributed by atoms with Crippen molar-refractivity contribution in [3.8, 4) is 0 Å². The Kier molecular flexibility index (Phi) is 2.90. The molecule has 7 nitrogen and oxygen atoms in total. The normalized spacial score (nSPS) is 12.4. The molecule has 17 heavy (non-hydrogen) atoms. The van der Waals surface area contributed by atoms with E-state index in [1.807, 2.05) is 18.5 Å². The average molecular weight is 233 g/mol. The molecule has 0 saturated carbocycles. The van der Waals surface area contributed by atoms with Crippen LogP contribution in [-0.4, -0.2) is 24.7 Å². The second-order valence-electron chi connectivity index (χ2n) is 3.89. The molecule has 0 radical (unpaired) electrons. The first-order valence-electron chi connectivity index (χ1n) is 5.28. The quantitative estimate of drug-likeness (QED) is 0.809. The fourth-order valence-corrected chi connectivity index (χ4v) is 1.64. The summed E-state index contributed by atoms with van der Waals surface area (Å²) in [6, 6.07) is 1.69. The molecule has 2 rings (SSSR count). The van der Waals surface area contributed by atoms with E-state index in [1.165, 1.54) is 0 Å². The average Bonchev–Trinajstić information content (AvgIpc) is 2.62. The fraction of sp³-hybridized carbons (Fsp3) is 0.400. The Morgan fingerprint density at radius 1 is 1.41 bits per heavy atom. The molecule has 0 fully saturated rings. The van der Waals surface area contributed by atoms with Crippen LogP contribution in [0.15, 0.2) is 12.4 Å². The van der Waals surface area contributed by atoms with E-state index in [-0.39, 0.29) is 6.04 Å². The zero-order valence-electron chi connectivity index (χ0n) is 10.0. The van der Waals surface area contributed by atoms with Crippen molar-refractivity contribution in [1.82, 2.24) is 24.7 Å². The van der Waals surface area contributed by atoms with Crippen LogP contribution in [0.5, 0.6) is 0 Å². The molecule has 0 saturated heterocycles. The Morgan fingerprint density at radius 2 is 2.18 bits per heavy atom. The molecule has 2 aromatic heterocycles. The number of nitrogen functional groups attached to an aromatic ring is 1. The first kappa shape index (κ1) is 11.3. The first-order valence-corrected chi connectivity index (χ1v) is 5.28. The van der Waals surface area contributed by atoms with Crippen molar-refractivity contribution in [2.75, 3.05) is 11.1 Å². The van der Waals surface area contributed by atoms with Crippen molar-refractivity contribution >= 4 is 11.6 Å². The third-order valence-corrected chi connectivity index (χ3v) is 2.36. The fourth-order valence-electron chi connectivity index (χ4n) is 1.64. The largest absolute Gasteiger partial charge is 0.384 e. The minimum absolute atomic E-state index is 0.00352. The highest BCUT2D eigenvalue weighted by atomic mass is 15.3. The van der Waals surface area contributed by atoms with Crippen LogP contribution in [0.2, 0.25) is 0 Å². The predicted octanol–water partition coefficient (Wildman–Crippen LogP) is 0.669. The van der Waals surface area contributed by atoms with E-state index in [0.29, 0.717) is 17.5 Å². The number of hydrogen-bond acceptors (Lipinski definition) is 6. The summed E-state index contributed by atoms with van der Waals surface area (Å²) in [7, 11) is 1.90. The van der Waals surface area contributed by atoms with Crippen molar-refractivity contribution in [3.63, 3.8) is 0 Å². The molecule has 0 amide bonds. The van der Waals surface area contributed by atoms with Crippen LogP contribution in [0.25, 0.3) is 0 Å². The number of nitrogens with one attached hydrogen (secondary N) is 1. The molecule has 0 aromatic carbocycles. The number of anilines is 2. The van der Waals surface area contributed by atoms with E-state index >= 15 is 0 Å². The van der Waals surface area contributed by atoms with Crippen LogP contribution in [0.4, 0.5) is 11.6 Å². The van der Waals surface area contributed by atoms with Crippen LogP contribution in [0.3, 0.4) is 0 Å². The van der Waals surface area contributed by atoms with Gasteiger partial charge in [0.25, 0.3) is 0 Å². The number of aromatic nitrogens is 5. The Morgan fingerprint density at radius 3 is 2.76 bits per heavy atom. The van der Waals surface area contributed by atoms with Gasteiger partial charge in [-0.05, 0) is 13.8 Å². The van der Waals surface area contributed by atoms with Gasteiger partial charge in [0.15, 0.2) is 5.82 Å². The molecule has 0 bridgehead atoms. The van der Waals surface area contributed by atoms with Gasteiger partial charge in [0.05, 0.1) is 6.04 Å². The highest BCUT2D eigenvalue weighted by molar-refractivity contribution is 5.45. The molecule has 0 aliphatic carbocycles. The molecular formula is C10H15N7. The van der Waals surface area contributed by atoms with Crippen molar-refractivity contribution in [2.24, 2.45) is 7.05 Å². The molecule has 2 heterocycles. The monoisotopic (exact) mass is 233 g/mol. The van der Waals surface area contributed by atoms with Gasteiger partial charge in [-0.1, -0.05) is 0 Å². The van der Waals surface area contributed by atoms with Crippen LogP contribution < -0.4 is 11.1 Å². The van der Waals surface area contributed by atoms with Gasteiger partial charge in [0.1, 0.15) is 23.8 Å². The van der Waals surface area contributed by atoms with Crippen LogP contribution in [0, 0.1) is 6.92 Å². The van der Waals surface area contributed by atoms with Crippen molar-refractivity contribution in [1.29, 1.82) is 0 Å². The van der Waals surface area contributed by atoms with E-state index in [1.54, 1.807) is 19.3 Å². The number of nitrogens with two attached hydrogens (primary N) is 1. The van der Waals surface area contributed by atoms with Gasteiger partial charge in [-0.2, -0.15) is 0 Å². The molecule has 0 spiro atoms. The summed E-state index contributed by atoms with van der Waals surface area (Å²) in [6.07, 6.45) is 1.66. The SMILES string of the molecule is Cc1nc(N)cc(NC(C)c2nncn2C)n1. The highest BCUT2D eigenvalue weighted by Gasteiger charge is 2.12. The summed E-state index contributed by atoms with van der Waals surface area (Å²) in [5.41, 5.74) is 5.66. The van der Waals surface area contributed by atoms with Gasteiger partial charge in [0, 0.05) is 13.1 Å². The third kappa shape index (κ3) is 2.49. The second-order valence-corrected chi connectivity index (χ2v) is 3.89. The molecule has 7 heteroatoms. The van der Waals surface area contributed by atoms with Crippen molar-refractivity contribution in [2.45, 2.75) is 19.9 Å². The predicted molar refractivity (Wildman–Crippen MR) is 64.2 cm³/mol. The summed E-state index contributed by atoms with van der Waals surface area (Å²) in [6.45, 7) is 3.78. The zero-order chi connectivity index (χ0) is 12.4. The lowest BCUT2D eigenvalue weighted by molar-refractivity contribution is 0.715. The van der Waals surface area contributed by atoms with E-state index < -0.39 is 0 Å². The summed E-state index contributed by atoms with van der Waals surface area (Å²) >= 11 is 0. The minimum Gasteiger partial charge on any atom is -0.384 e. The zero-order valence-corrected chi connectivity index (χ0v) is 10.0. The van der Waals surface area contributed by atoms with Gasteiger partial charge >= 0.3 is 0 Å². The molecule has 0 aliphatic heterocycles. The Hall–Kier alpha value is -2.18. The molecule has 1 atom stereocenters. The van der Waals surface area contributed by atoms with Crippen LogP contribution in [-0.2, 0) is 7.05 Å². The Bertz CT molecular complexity index is 499. The number of hydrogen-bond donors (Lipinski definition) is 2. The molecule has 2 aromatic rings. The Balaban J connectivity index is 2.18. The Labute approximate surface area is 99.1 Å². The number of nitrogens with zero attached hydrogens (tertiary/aromatic N) is 5. The number of rotatable bonds is 3. The van der Waals surface area contributed by atoms with Crippen molar-refractivity contribution < 1.29 is 0 Å². The van der Waals surface area contributed by atoms with E-state index in [2.05, 4.69) is 25.5 Å². The van der Waals surface area contributed by atoms with Gasteiger partial charge in [-0.25, -0.2) is 9.97 Å². The van der Waals surface area contributed by atoms with E-state index in [9.17, 15) is 0 Å². The van der Waals surface area contributed by atoms with Gasteiger partial charge in [-0.15, -0.1) is 10.2 Å². The standard InChI is InChI=1S/C10H15N7/c1-6(10-16-12-5-17(10)3)13-9-4-8(11)14-7(2)15-9/h4-6H,1-3H3,(H3,11,13,14,15). The van der Waals surface area contributed by atoms with Crippen LogP contribution >= 0.6 is 0 Å².